The number of nitrogens with two attached hydrogens (primary N) is 1. The molecule has 2 rings (SSSR count). The van der Waals surface area contributed by atoms with Gasteiger partial charge in [0.25, 0.3) is 0 Å². The van der Waals surface area contributed by atoms with Gasteiger partial charge in [0, 0.05) is 28.6 Å². The Morgan fingerprint density at radius 3 is 2.69 bits per heavy atom. The SMILES string of the molecule is Cc1scc(CN)c1-c1ccc(F)cc1F. The molecule has 0 fully saturated rings. The zero-order valence-electron chi connectivity index (χ0n) is 8.76. The Morgan fingerprint density at radius 1 is 1.31 bits per heavy atom. The molecule has 4 heteroatoms. The highest BCUT2D eigenvalue weighted by molar-refractivity contribution is 7.10. The van der Waals surface area contributed by atoms with Crippen molar-refractivity contribution in [1.82, 2.24) is 0 Å². The van der Waals surface area contributed by atoms with Crippen LogP contribution in [0.25, 0.3) is 11.1 Å². The van der Waals surface area contributed by atoms with Gasteiger partial charge in [-0.3, -0.25) is 0 Å². The van der Waals surface area contributed by atoms with E-state index in [1.54, 1.807) is 0 Å². The van der Waals surface area contributed by atoms with E-state index in [2.05, 4.69) is 0 Å². The molecule has 2 aromatic rings. The number of hydrogen-bond donors (Lipinski definition) is 1. The summed E-state index contributed by atoms with van der Waals surface area (Å²) in [5.74, 6) is -1.11. The lowest BCUT2D eigenvalue weighted by Gasteiger charge is -2.06. The summed E-state index contributed by atoms with van der Waals surface area (Å²) in [6, 6.07) is 3.61. The average Bonchev–Trinajstić information content (AvgIpc) is 2.60. The van der Waals surface area contributed by atoms with Crippen LogP contribution in [-0.4, -0.2) is 0 Å². The molecule has 1 heterocycles. The van der Waals surface area contributed by atoms with Crippen molar-refractivity contribution in [3.63, 3.8) is 0 Å². The molecule has 2 N–H and O–H groups in total. The van der Waals surface area contributed by atoms with Gasteiger partial charge in [0.15, 0.2) is 0 Å². The van der Waals surface area contributed by atoms with Crippen LogP contribution in [0.2, 0.25) is 0 Å². The minimum Gasteiger partial charge on any atom is -0.326 e. The van der Waals surface area contributed by atoms with Crippen molar-refractivity contribution in [1.29, 1.82) is 0 Å². The molecule has 0 radical (unpaired) electrons. The molecule has 0 aliphatic carbocycles. The summed E-state index contributed by atoms with van der Waals surface area (Å²) in [5.41, 5.74) is 7.70. The van der Waals surface area contributed by atoms with E-state index in [1.165, 1.54) is 23.5 Å². The lowest BCUT2D eigenvalue weighted by atomic mass is 10.0. The van der Waals surface area contributed by atoms with E-state index in [-0.39, 0.29) is 0 Å². The second-order valence-electron chi connectivity index (χ2n) is 3.52. The zero-order valence-corrected chi connectivity index (χ0v) is 9.57. The molecule has 1 aromatic carbocycles. The van der Waals surface area contributed by atoms with Crippen LogP contribution in [0.1, 0.15) is 10.4 Å². The van der Waals surface area contributed by atoms with Gasteiger partial charge in [0.05, 0.1) is 0 Å². The predicted molar refractivity (Wildman–Crippen MR) is 62.3 cm³/mol. The van der Waals surface area contributed by atoms with E-state index in [4.69, 9.17) is 5.73 Å². The Morgan fingerprint density at radius 2 is 2.06 bits per heavy atom. The van der Waals surface area contributed by atoms with E-state index in [1.807, 2.05) is 12.3 Å². The monoisotopic (exact) mass is 239 g/mol. The quantitative estimate of drug-likeness (QED) is 0.853. The molecule has 0 saturated heterocycles. The van der Waals surface area contributed by atoms with Crippen molar-refractivity contribution >= 4 is 11.3 Å². The zero-order chi connectivity index (χ0) is 11.7. The van der Waals surface area contributed by atoms with Crippen molar-refractivity contribution in [3.05, 3.63) is 45.7 Å². The van der Waals surface area contributed by atoms with Crippen molar-refractivity contribution in [2.45, 2.75) is 13.5 Å². The smallest absolute Gasteiger partial charge is 0.133 e. The summed E-state index contributed by atoms with van der Waals surface area (Å²) < 4.78 is 26.4. The lowest BCUT2D eigenvalue weighted by Crippen LogP contribution is -1.98. The van der Waals surface area contributed by atoms with Crippen LogP contribution in [0.15, 0.2) is 23.6 Å². The second kappa shape index (κ2) is 4.31. The van der Waals surface area contributed by atoms with Gasteiger partial charge < -0.3 is 5.73 Å². The minimum atomic E-state index is -0.566. The van der Waals surface area contributed by atoms with Gasteiger partial charge in [-0.2, -0.15) is 0 Å². The van der Waals surface area contributed by atoms with Gasteiger partial charge in [0.2, 0.25) is 0 Å². The third-order valence-electron chi connectivity index (χ3n) is 2.47. The van der Waals surface area contributed by atoms with E-state index < -0.39 is 11.6 Å². The van der Waals surface area contributed by atoms with Gasteiger partial charge in [-0.25, -0.2) is 8.78 Å². The molecule has 1 aromatic heterocycles. The normalized spacial score (nSPS) is 10.8. The molecule has 0 saturated carbocycles. The van der Waals surface area contributed by atoms with Crippen molar-refractivity contribution in [2.75, 3.05) is 0 Å². The third kappa shape index (κ3) is 1.86. The first-order valence-corrected chi connectivity index (χ1v) is 5.74. The maximum absolute atomic E-state index is 13.6. The lowest BCUT2D eigenvalue weighted by molar-refractivity contribution is 0.585. The first-order chi connectivity index (χ1) is 7.63. The van der Waals surface area contributed by atoms with Crippen molar-refractivity contribution in [2.24, 2.45) is 5.73 Å². The molecule has 0 aliphatic heterocycles. The first-order valence-electron chi connectivity index (χ1n) is 4.86. The molecule has 0 amide bonds. The van der Waals surface area contributed by atoms with Gasteiger partial charge in [-0.15, -0.1) is 11.3 Å². The topological polar surface area (TPSA) is 26.0 Å². The number of rotatable bonds is 2. The van der Waals surface area contributed by atoms with Crippen molar-refractivity contribution in [3.8, 4) is 11.1 Å². The maximum Gasteiger partial charge on any atom is 0.133 e. The van der Waals surface area contributed by atoms with Gasteiger partial charge in [-0.05, 0) is 30.0 Å². The van der Waals surface area contributed by atoms with Gasteiger partial charge >= 0.3 is 0 Å². The molecule has 0 atom stereocenters. The fourth-order valence-corrected chi connectivity index (χ4v) is 2.60. The molecule has 16 heavy (non-hydrogen) atoms. The van der Waals surface area contributed by atoms with Crippen LogP contribution < -0.4 is 5.73 Å². The summed E-state index contributed by atoms with van der Waals surface area (Å²) in [6.07, 6.45) is 0. The van der Waals surface area contributed by atoms with Crippen LogP contribution in [0.3, 0.4) is 0 Å². The third-order valence-corrected chi connectivity index (χ3v) is 3.43. The Balaban J connectivity index is 2.62. The number of hydrogen-bond acceptors (Lipinski definition) is 2. The van der Waals surface area contributed by atoms with Crippen LogP contribution in [0, 0.1) is 18.6 Å². The van der Waals surface area contributed by atoms with Crippen LogP contribution >= 0.6 is 11.3 Å². The molecular formula is C12H11F2NS. The van der Waals surface area contributed by atoms with E-state index in [9.17, 15) is 8.78 Å². The standard InChI is InChI=1S/C12H11F2NS/c1-7-12(8(5-15)6-16-7)10-3-2-9(13)4-11(10)14/h2-4,6H,5,15H2,1H3. The number of benzene rings is 1. The summed E-state index contributed by atoms with van der Waals surface area (Å²) in [6.45, 7) is 2.26. The minimum absolute atomic E-state index is 0.358. The second-order valence-corrected chi connectivity index (χ2v) is 4.60. The average molecular weight is 239 g/mol. The summed E-state index contributed by atoms with van der Waals surface area (Å²) in [5, 5.41) is 1.91. The van der Waals surface area contributed by atoms with Crippen LogP contribution in [0.4, 0.5) is 8.78 Å². The molecular weight excluding hydrogens is 228 g/mol. The fraction of sp³-hybridized carbons (Fsp3) is 0.167. The molecule has 0 aliphatic rings. The van der Waals surface area contributed by atoms with E-state index >= 15 is 0 Å². The Hall–Kier alpha value is -1.26. The summed E-state index contributed by atoms with van der Waals surface area (Å²) >= 11 is 1.52. The summed E-state index contributed by atoms with van der Waals surface area (Å²) in [7, 11) is 0. The Labute approximate surface area is 96.5 Å². The highest BCUT2D eigenvalue weighted by atomic mass is 32.1. The van der Waals surface area contributed by atoms with Crippen LogP contribution in [-0.2, 0) is 6.54 Å². The number of thiophene rings is 1. The van der Waals surface area contributed by atoms with E-state index in [0.717, 1.165) is 22.1 Å². The van der Waals surface area contributed by atoms with E-state index in [0.29, 0.717) is 12.1 Å². The van der Waals surface area contributed by atoms with Crippen molar-refractivity contribution < 1.29 is 8.78 Å². The fourth-order valence-electron chi connectivity index (χ4n) is 1.71. The highest BCUT2D eigenvalue weighted by Crippen LogP contribution is 2.33. The first kappa shape index (κ1) is 11.2. The molecule has 0 bridgehead atoms. The summed E-state index contributed by atoms with van der Waals surface area (Å²) in [4.78, 5) is 0.992. The number of halogens is 2. The maximum atomic E-state index is 13.6. The van der Waals surface area contributed by atoms with Crippen LogP contribution in [0.5, 0.6) is 0 Å². The molecule has 84 valence electrons. The van der Waals surface area contributed by atoms with Gasteiger partial charge in [0.1, 0.15) is 11.6 Å². The van der Waals surface area contributed by atoms with Gasteiger partial charge in [-0.1, -0.05) is 0 Å². The largest absolute Gasteiger partial charge is 0.326 e. The highest BCUT2D eigenvalue weighted by Gasteiger charge is 2.14. The molecule has 0 spiro atoms. The molecule has 0 unspecified atom stereocenters. The Bertz CT molecular complexity index is 520. The Kier molecular flexibility index (Phi) is 3.03. The number of aryl methyl sites for hydroxylation is 1. The molecule has 1 nitrogen and oxygen atoms in total. The predicted octanol–water partition coefficient (Wildman–Crippen LogP) is 3.46.